The van der Waals surface area contributed by atoms with E-state index in [1.54, 1.807) is 13.0 Å². The molecule has 86 valence electrons. The Morgan fingerprint density at radius 3 is 2.69 bits per heavy atom. The summed E-state index contributed by atoms with van der Waals surface area (Å²) in [7, 11) is 0. The first-order valence-corrected chi connectivity index (χ1v) is 4.72. The Kier molecular flexibility index (Phi) is 3.96. The van der Waals surface area contributed by atoms with Crippen molar-refractivity contribution in [1.29, 1.82) is 0 Å². The molecule has 0 fully saturated rings. The number of aromatic carboxylic acids is 1. The molecule has 6 heteroatoms. The monoisotopic (exact) mass is 223 g/mol. The van der Waals surface area contributed by atoms with Crippen molar-refractivity contribution in [3.63, 3.8) is 0 Å². The quantitative estimate of drug-likeness (QED) is 0.652. The van der Waals surface area contributed by atoms with E-state index < -0.39 is 12.0 Å². The van der Waals surface area contributed by atoms with Crippen molar-refractivity contribution >= 4 is 11.9 Å². The van der Waals surface area contributed by atoms with Crippen molar-refractivity contribution in [2.45, 2.75) is 19.5 Å². The van der Waals surface area contributed by atoms with Gasteiger partial charge in [0.25, 0.3) is 0 Å². The van der Waals surface area contributed by atoms with Gasteiger partial charge in [-0.3, -0.25) is 4.79 Å². The van der Waals surface area contributed by atoms with Gasteiger partial charge in [0.15, 0.2) is 0 Å². The van der Waals surface area contributed by atoms with E-state index in [1.807, 2.05) is 0 Å². The van der Waals surface area contributed by atoms with Crippen molar-refractivity contribution in [3.05, 3.63) is 29.6 Å². The summed E-state index contributed by atoms with van der Waals surface area (Å²) >= 11 is 0. The molecule has 0 saturated carbocycles. The number of hydrogen-bond acceptors (Lipinski definition) is 4. The van der Waals surface area contributed by atoms with Gasteiger partial charge in [0.05, 0.1) is 6.04 Å². The summed E-state index contributed by atoms with van der Waals surface area (Å²) in [4.78, 5) is 25.4. The zero-order valence-corrected chi connectivity index (χ0v) is 8.80. The van der Waals surface area contributed by atoms with Crippen LogP contribution in [0.25, 0.3) is 0 Å². The van der Waals surface area contributed by atoms with Crippen LogP contribution in [-0.2, 0) is 11.3 Å². The Morgan fingerprint density at radius 1 is 1.56 bits per heavy atom. The van der Waals surface area contributed by atoms with Gasteiger partial charge in [-0.15, -0.1) is 0 Å². The molecule has 6 nitrogen and oxygen atoms in total. The van der Waals surface area contributed by atoms with Gasteiger partial charge < -0.3 is 16.2 Å². The molecule has 1 heterocycles. The summed E-state index contributed by atoms with van der Waals surface area (Å²) < 4.78 is 0. The molecule has 1 aromatic heterocycles. The maximum absolute atomic E-state index is 11.1. The predicted octanol–water partition coefficient (Wildman–Crippen LogP) is -0.257. The maximum Gasteiger partial charge on any atom is 0.354 e. The maximum atomic E-state index is 11.1. The minimum absolute atomic E-state index is 0.0257. The molecule has 0 aliphatic rings. The zero-order chi connectivity index (χ0) is 12.1. The highest BCUT2D eigenvalue weighted by Gasteiger charge is 2.07. The van der Waals surface area contributed by atoms with Crippen LogP contribution in [0, 0.1) is 0 Å². The van der Waals surface area contributed by atoms with E-state index in [4.69, 9.17) is 10.8 Å². The Balaban J connectivity index is 2.56. The molecule has 1 amide bonds. The first kappa shape index (κ1) is 12.1. The topological polar surface area (TPSA) is 105 Å². The summed E-state index contributed by atoms with van der Waals surface area (Å²) in [6.45, 7) is 1.87. The molecule has 0 bridgehead atoms. The lowest BCUT2D eigenvalue weighted by Gasteiger charge is -2.07. The van der Waals surface area contributed by atoms with Gasteiger partial charge in [0.2, 0.25) is 5.91 Å². The molecule has 0 aliphatic heterocycles. The van der Waals surface area contributed by atoms with Crippen LogP contribution in [-0.4, -0.2) is 28.0 Å². The summed E-state index contributed by atoms with van der Waals surface area (Å²) in [5.41, 5.74) is 6.05. The van der Waals surface area contributed by atoms with Crippen LogP contribution in [0.2, 0.25) is 0 Å². The van der Waals surface area contributed by atoms with Crippen LogP contribution in [0.4, 0.5) is 0 Å². The molecule has 0 spiro atoms. The molecule has 1 aromatic rings. The minimum Gasteiger partial charge on any atom is -0.477 e. The van der Waals surface area contributed by atoms with Crippen LogP contribution in [0.5, 0.6) is 0 Å². The molecule has 4 N–H and O–H groups in total. The van der Waals surface area contributed by atoms with Crippen LogP contribution in [0.15, 0.2) is 18.3 Å². The number of carbonyl (C=O) groups excluding carboxylic acids is 1. The molecule has 1 rings (SSSR count). The molecule has 0 radical (unpaired) electrons. The van der Waals surface area contributed by atoms with Gasteiger partial charge >= 0.3 is 5.97 Å². The number of nitrogens with one attached hydrogen (secondary N) is 1. The second-order valence-corrected chi connectivity index (χ2v) is 3.36. The Hall–Kier alpha value is -1.95. The van der Waals surface area contributed by atoms with Crippen molar-refractivity contribution in [2.75, 3.05) is 0 Å². The number of aromatic nitrogens is 1. The van der Waals surface area contributed by atoms with E-state index in [-0.39, 0.29) is 18.1 Å². The van der Waals surface area contributed by atoms with Crippen LogP contribution in [0.1, 0.15) is 23.0 Å². The Morgan fingerprint density at radius 2 is 2.25 bits per heavy atom. The number of nitrogens with two attached hydrogens (primary N) is 1. The number of nitrogens with zero attached hydrogens (tertiary/aromatic N) is 1. The number of hydrogen-bond donors (Lipinski definition) is 3. The second-order valence-electron chi connectivity index (χ2n) is 3.36. The molecule has 1 unspecified atom stereocenters. The smallest absolute Gasteiger partial charge is 0.354 e. The fourth-order valence-electron chi connectivity index (χ4n) is 1.01. The first-order valence-electron chi connectivity index (χ1n) is 4.72. The van der Waals surface area contributed by atoms with E-state index in [2.05, 4.69) is 10.3 Å². The highest BCUT2D eigenvalue weighted by atomic mass is 16.4. The zero-order valence-electron chi connectivity index (χ0n) is 8.80. The highest BCUT2D eigenvalue weighted by Crippen LogP contribution is 2.00. The van der Waals surface area contributed by atoms with Gasteiger partial charge in [-0.1, -0.05) is 6.07 Å². The largest absolute Gasteiger partial charge is 0.477 e. The van der Waals surface area contributed by atoms with E-state index in [0.717, 1.165) is 5.56 Å². The Labute approximate surface area is 92.5 Å². The number of pyridine rings is 1. The molecular weight excluding hydrogens is 210 g/mol. The lowest BCUT2D eigenvalue weighted by molar-refractivity contribution is -0.122. The summed E-state index contributed by atoms with van der Waals surface area (Å²) in [5.74, 6) is -1.34. The minimum atomic E-state index is -1.08. The molecule has 1 atom stereocenters. The van der Waals surface area contributed by atoms with Crippen LogP contribution in [0.3, 0.4) is 0 Å². The highest BCUT2D eigenvalue weighted by molar-refractivity contribution is 5.85. The molecule has 0 aromatic carbocycles. The number of carboxylic acids is 1. The standard InChI is InChI=1S/C10H13N3O3/c1-6(11)9(14)13-5-7-2-3-8(10(15)16)12-4-7/h2-4,6H,5,11H2,1H3,(H,13,14)(H,15,16). The third kappa shape index (κ3) is 3.32. The molecule has 0 saturated heterocycles. The molecular formula is C10H13N3O3. The third-order valence-electron chi connectivity index (χ3n) is 1.92. The lowest BCUT2D eigenvalue weighted by Crippen LogP contribution is -2.37. The van der Waals surface area contributed by atoms with Gasteiger partial charge in [0.1, 0.15) is 5.69 Å². The number of rotatable bonds is 4. The van der Waals surface area contributed by atoms with E-state index in [9.17, 15) is 9.59 Å². The van der Waals surface area contributed by atoms with Crippen molar-refractivity contribution in [3.8, 4) is 0 Å². The van der Waals surface area contributed by atoms with Gasteiger partial charge in [-0.05, 0) is 18.6 Å². The average Bonchev–Trinajstić information content (AvgIpc) is 2.26. The van der Waals surface area contributed by atoms with Gasteiger partial charge in [0, 0.05) is 12.7 Å². The van der Waals surface area contributed by atoms with E-state index >= 15 is 0 Å². The lowest BCUT2D eigenvalue weighted by atomic mass is 10.2. The SMILES string of the molecule is CC(N)C(=O)NCc1ccc(C(=O)O)nc1. The average molecular weight is 223 g/mol. The Bertz CT molecular complexity index is 387. The fraction of sp³-hybridized carbons (Fsp3) is 0.300. The number of carbonyl (C=O) groups is 2. The van der Waals surface area contributed by atoms with E-state index in [0.29, 0.717) is 0 Å². The van der Waals surface area contributed by atoms with Crippen molar-refractivity contribution in [2.24, 2.45) is 5.73 Å². The summed E-state index contributed by atoms with van der Waals surface area (Å²) in [6.07, 6.45) is 1.41. The summed E-state index contributed by atoms with van der Waals surface area (Å²) in [5, 5.41) is 11.2. The van der Waals surface area contributed by atoms with Gasteiger partial charge in [-0.2, -0.15) is 0 Å². The fourth-order valence-corrected chi connectivity index (χ4v) is 1.01. The van der Waals surface area contributed by atoms with E-state index in [1.165, 1.54) is 12.3 Å². The van der Waals surface area contributed by atoms with Gasteiger partial charge in [-0.25, -0.2) is 9.78 Å². The van der Waals surface area contributed by atoms with Crippen LogP contribution >= 0.6 is 0 Å². The third-order valence-corrected chi connectivity index (χ3v) is 1.92. The number of amides is 1. The normalized spacial score (nSPS) is 11.9. The molecule has 16 heavy (non-hydrogen) atoms. The molecule has 0 aliphatic carbocycles. The summed E-state index contributed by atoms with van der Waals surface area (Å²) in [6, 6.07) is 2.42. The van der Waals surface area contributed by atoms with Crippen LogP contribution < -0.4 is 11.1 Å². The van der Waals surface area contributed by atoms with Crippen molar-refractivity contribution in [1.82, 2.24) is 10.3 Å². The number of carboxylic acid groups (broad SMARTS) is 1. The second kappa shape index (κ2) is 5.22. The van der Waals surface area contributed by atoms with Crippen molar-refractivity contribution < 1.29 is 14.7 Å². The predicted molar refractivity (Wildman–Crippen MR) is 56.7 cm³/mol. The first-order chi connectivity index (χ1) is 7.50.